The van der Waals surface area contributed by atoms with Crippen LogP contribution in [0.2, 0.25) is 10.0 Å². The van der Waals surface area contributed by atoms with Gasteiger partial charge in [0, 0.05) is 10.0 Å². The van der Waals surface area contributed by atoms with Crippen LogP contribution in [0.4, 0.5) is 0 Å². The van der Waals surface area contributed by atoms with Crippen LogP contribution in [0, 0.1) is 0 Å². The van der Waals surface area contributed by atoms with Gasteiger partial charge in [-0.15, -0.1) is 0 Å². The lowest BCUT2D eigenvalue weighted by molar-refractivity contribution is 0.196. The molecule has 2 aromatic rings. The van der Waals surface area contributed by atoms with Gasteiger partial charge in [0.05, 0.1) is 26.4 Å². The minimum Gasteiger partial charge on any atom is -0.308 e. The average molecular weight is 538 g/mol. The summed E-state index contributed by atoms with van der Waals surface area (Å²) in [5.41, 5.74) is 1.17. The summed E-state index contributed by atoms with van der Waals surface area (Å²) in [6, 6.07) is 13.6. The third-order valence-electron chi connectivity index (χ3n) is 4.56. The molecule has 0 fully saturated rings. The first-order chi connectivity index (χ1) is 15.7. The molecule has 0 aliphatic rings. The van der Waals surface area contributed by atoms with Crippen LogP contribution < -0.4 is 5.32 Å². The van der Waals surface area contributed by atoms with Crippen molar-refractivity contribution in [2.24, 2.45) is 0 Å². The zero-order chi connectivity index (χ0) is 24.5. The van der Waals surface area contributed by atoms with E-state index in [-0.39, 0.29) is 26.4 Å². The molecule has 11 heteroatoms. The minimum atomic E-state index is -3.77. The molecule has 0 saturated carbocycles. The largest absolute Gasteiger partial charge is 0.351 e. The lowest BCUT2D eigenvalue weighted by Crippen LogP contribution is -2.29. The molecule has 1 N–H and O–H groups in total. The highest BCUT2D eigenvalue weighted by Crippen LogP contribution is 2.65. The molecule has 7 nitrogen and oxygen atoms in total. The standard InChI is InChI=1S/C22H31Cl2NO6P2/c1-5-28-32(26,29-6-2)21(17-9-13-19(23)14-10-17)25-22(18-11-15-20(24)16-12-18)33(27,30-7-3)31-8-4/h9-16,21-22,25H,5-8H2,1-4H3/t21-,22+. The first kappa shape index (κ1) is 28.5. The Kier molecular flexibility index (Phi) is 11.6. The van der Waals surface area contributed by atoms with Crippen molar-refractivity contribution >= 4 is 38.4 Å². The van der Waals surface area contributed by atoms with Gasteiger partial charge in [-0.05, 0) is 63.1 Å². The zero-order valence-corrected chi connectivity index (χ0v) is 22.5. The van der Waals surface area contributed by atoms with E-state index in [0.29, 0.717) is 21.2 Å². The lowest BCUT2D eigenvalue weighted by Gasteiger charge is -2.34. The van der Waals surface area contributed by atoms with Gasteiger partial charge in [0.2, 0.25) is 0 Å². The maximum absolute atomic E-state index is 13.9. The van der Waals surface area contributed by atoms with E-state index in [9.17, 15) is 9.13 Å². The Morgan fingerprint density at radius 1 is 0.636 bits per heavy atom. The van der Waals surface area contributed by atoms with Crippen molar-refractivity contribution in [2.45, 2.75) is 39.3 Å². The molecule has 0 unspecified atom stereocenters. The topological polar surface area (TPSA) is 83.1 Å². The Hall–Kier alpha value is -0.720. The Morgan fingerprint density at radius 2 is 0.909 bits per heavy atom. The summed E-state index contributed by atoms with van der Waals surface area (Å²) in [6.07, 6.45) is 0. The molecule has 0 amide bonds. The van der Waals surface area contributed by atoms with E-state index < -0.39 is 26.8 Å². The fourth-order valence-electron chi connectivity index (χ4n) is 3.27. The number of rotatable bonds is 14. The SMILES string of the molecule is CCOP(=O)(OCC)[C@H](N[C@@H](c1ccc(Cl)cc1)P(=O)(OCC)OCC)c1ccc(Cl)cc1. The van der Waals surface area contributed by atoms with Crippen LogP contribution in [-0.2, 0) is 27.2 Å². The minimum absolute atomic E-state index is 0.156. The molecule has 184 valence electrons. The summed E-state index contributed by atoms with van der Waals surface area (Å²) in [6.45, 7) is 7.54. The van der Waals surface area contributed by atoms with E-state index in [2.05, 4.69) is 5.32 Å². The van der Waals surface area contributed by atoms with Gasteiger partial charge in [-0.1, -0.05) is 47.5 Å². The predicted molar refractivity (Wildman–Crippen MR) is 133 cm³/mol. The molecule has 0 heterocycles. The van der Waals surface area contributed by atoms with Crippen LogP contribution in [0.15, 0.2) is 48.5 Å². The van der Waals surface area contributed by atoms with Crippen LogP contribution in [-0.4, -0.2) is 26.4 Å². The van der Waals surface area contributed by atoms with Gasteiger partial charge in [0.15, 0.2) is 0 Å². The fourth-order valence-corrected chi connectivity index (χ4v) is 7.56. The molecule has 0 aromatic heterocycles. The van der Waals surface area contributed by atoms with Crippen molar-refractivity contribution < 1.29 is 27.2 Å². The number of nitrogens with one attached hydrogen (secondary N) is 1. The third-order valence-corrected chi connectivity index (χ3v) is 9.69. The lowest BCUT2D eigenvalue weighted by atomic mass is 10.2. The summed E-state index contributed by atoms with van der Waals surface area (Å²) < 4.78 is 50.5. The number of hydrogen-bond acceptors (Lipinski definition) is 7. The molecule has 2 atom stereocenters. The number of benzene rings is 2. The quantitative estimate of drug-likeness (QED) is 0.246. The van der Waals surface area contributed by atoms with Crippen molar-refractivity contribution in [3.63, 3.8) is 0 Å². The van der Waals surface area contributed by atoms with Gasteiger partial charge in [-0.25, -0.2) is 0 Å². The Labute approximate surface area is 206 Å². The Bertz CT molecular complexity index is 861. The third kappa shape index (κ3) is 7.63. The molecule has 0 aliphatic heterocycles. The smallest absolute Gasteiger partial charge is 0.308 e. The second kappa shape index (κ2) is 13.4. The second-order valence-electron chi connectivity index (χ2n) is 6.83. The average Bonchev–Trinajstić information content (AvgIpc) is 2.77. The van der Waals surface area contributed by atoms with Crippen molar-refractivity contribution in [1.82, 2.24) is 5.32 Å². The molecular weight excluding hydrogens is 507 g/mol. The van der Waals surface area contributed by atoms with Gasteiger partial charge >= 0.3 is 15.2 Å². The van der Waals surface area contributed by atoms with Gasteiger partial charge in [-0.2, -0.15) is 0 Å². The number of halogens is 2. The maximum Gasteiger partial charge on any atom is 0.351 e. The first-order valence-electron chi connectivity index (χ1n) is 10.8. The number of hydrogen-bond donors (Lipinski definition) is 1. The van der Waals surface area contributed by atoms with E-state index >= 15 is 0 Å². The molecule has 0 bridgehead atoms. The zero-order valence-electron chi connectivity index (χ0n) is 19.2. The van der Waals surface area contributed by atoms with Gasteiger partial charge in [0.25, 0.3) is 0 Å². The molecule has 2 rings (SSSR count). The summed E-state index contributed by atoms with van der Waals surface area (Å²) in [5, 5.41) is 4.27. The van der Waals surface area contributed by atoms with Crippen LogP contribution in [0.3, 0.4) is 0 Å². The van der Waals surface area contributed by atoms with Gasteiger partial charge in [0.1, 0.15) is 11.6 Å². The van der Waals surface area contributed by atoms with Crippen LogP contribution in [0.1, 0.15) is 50.4 Å². The van der Waals surface area contributed by atoms with E-state index in [4.69, 9.17) is 41.3 Å². The van der Waals surface area contributed by atoms with Crippen molar-refractivity contribution in [2.75, 3.05) is 26.4 Å². The summed E-state index contributed by atoms with van der Waals surface area (Å²) in [7, 11) is -7.54. The van der Waals surface area contributed by atoms with E-state index in [1.807, 2.05) is 0 Å². The van der Waals surface area contributed by atoms with E-state index in [0.717, 1.165) is 0 Å². The highest BCUT2D eigenvalue weighted by Gasteiger charge is 2.44. The van der Waals surface area contributed by atoms with Crippen molar-refractivity contribution in [3.8, 4) is 0 Å². The van der Waals surface area contributed by atoms with E-state index in [1.165, 1.54) is 0 Å². The fraction of sp³-hybridized carbons (Fsp3) is 0.455. The van der Waals surface area contributed by atoms with Crippen LogP contribution in [0.5, 0.6) is 0 Å². The highest BCUT2D eigenvalue weighted by molar-refractivity contribution is 7.55. The monoisotopic (exact) mass is 537 g/mol. The molecular formula is C22H31Cl2NO6P2. The maximum atomic E-state index is 13.9. The van der Waals surface area contributed by atoms with Crippen LogP contribution >= 0.6 is 38.4 Å². The first-order valence-corrected chi connectivity index (χ1v) is 14.7. The summed E-state index contributed by atoms with van der Waals surface area (Å²) >= 11 is 12.2. The molecule has 33 heavy (non-hydrogen) atoms. The van der Waals surface area contributed by atoms with Crippen LogP contribution in [0.25, 0.3) is 0 Å². The molecule has 0 aliphatic carbocycles. The van der Waals surface area contributed by atoms with Gasteiger partial charge in [-0.3, -0.25) is 14.4 Å². The highest BCUT2D eigenvalue weighted by atomic mass is 35.5. The summed E-state index contributed by atoms with van der Waals surface area (Å²) in [5.74, 6) is -1.96. The summed E-state index contributed by atoms with van der Waals surface area (Å²) in [4.78, 5) is 0. The van der Waals surface area contributed by atoms with Crippen molar-refractivity contribution in [3.05, 3.63) is 69.7 Å². The molecule has 2 aromatic carbocycles. The van der Waals surface area contributed by atoms with E-state index in [1.54, 1.807) is 76.2 Å². The van der Waals surface area contributed by atoms with Gasteiger partial charge < -0.3 is 18.1 Å². The van der Waals surface area contributed by atoms with Crippen molar-refractivity contribution in [1.29, 1.82) is 0 Å². The Balaban J connectivity index is 2.66. The second-order valence-corrected chi connectivity index (χ2v) is 11.9. The molecule has 0 spiro atoms. The Morgan fingerprint density at radius 3 is 1.15 bits per heavy atom. The molecule has 0 saturated heterocycles. The predicted octanol–water partition coefficient (Wildman–Crippen LogP) is 7.81. The normalized spacial score (nSPS) is 14.2. The molecule has 0 radical (unpaired) electrons.